The van der Waals surface area contributed by atoms with E-state index in [1.165, 1.54) is 0 Å². The Labute approximate surface area is 139 Å². The van der Waals surface area contributed by atoms with Gasteiger partial charge in [-0.3, -0.25) is 9.59 Å². The summed E-state index contributed by atoms with van der Waals surface area (Å²) < 4.78 is 11.0. The Kier molecular flexibility index (Phi) is 4.37. The maximum atomic E-state index is 12.5. The van der Waals surface area contributed by atoms with E-state index in [1.807, 2.05) is 13.0 Å². The number of fused-ring (bicyclic) bond motifs is 1. The minimum absolute atomic E-state index is 0.215. The van der Waals surface area contributed by atoms with Gasteiger partial charge in [-0.15, -0.1) is 0 Å². The van der Waals surface area contributed by atoms with Crippen molar-refractivity contribution in [3.63, 3.8) is 0 Å². The van der Waals surface area contributed by atoms with Crippen LogP contribution in [-0.4, -0.2) is 24.5 Å². The molecule has 1 aliphatic rings. The van der Waals surface area contributed by atoms with Gasteiger partial charge in [-0.05, 0) is 44.2 Å². The Morgan fingerprint density at radius 3 is 2.88 bits per heavy atom. The van der Waals surface area contributed by atoms with Gasteiger partial charge in [0.1, 0.15) is 11.5 Å². The molecule has 0 bridgehead atoms. The van der Waals surface area contributed by atoms with E-state index >= 15 is 0 Å². The zero-order valence-corrected chi connectivity index (χ0v) is 13.5. The molecule has 0 aliphatic carbocycles. The first kappa shape index (κ1) is 15.9. The maximum Gasteiger partial charge on any atom is 0.265 e. The number of hydrogen-bond acceptors (Lipinski definition) is 4. The molecular formula is C18H18N2O4. The van der Waals surface area contributed by atoms with Crippen LogP contribution in [-0.2, 0) is 4.79 Å². The summed E-state index contributed by atoms with van der Waals surface area (Å²) >= 11 is 0. The number of carbonyl (C=O) groups excluding carboxylic acids is 2. The number of hydrogen-bond donors (Lipinski definition) is 2. The van der Waals surface area contributed by atoms with Gasteiger partial charge < -0.3 is 20.1 Å². The van der Waals surface area contributed by atoms with Crippen LogP contribution in [0, 0.1) is 0 Å². The van der Waals surface area contributed by atoms with Crippen molar-refractivity contribution >= 4 is 23.2 Å². The van der Waals surface area contributed by atoms with E-state index in [-0.39, 0.29) is 11.8 Å². The number of carbonyl (C=O) groups is 2. The third-order valence-electron chi connectivity index (χ3n) is 3.60. The van der Waals surface area contributed by atoms with Crippen molar-refractivity contribution in [3.8, 4) is 11.5 Å². The minimum atomic E-state index is -0.531. The molecule has 0 aromatic heterocycles. The average Bonchev–Trinajstić information content (AvgIpc) is 2.57. The highest BCUT2D eigenvalue weighted by molar-refractivity contribution is 6.07. The molecule has 0 spiro atoms. The molecule has 2 aromatic rings. The normalized spacial score (nSPS) is 15.8. The lowest BCUT2D eigenvalue weighted by Gasteiger charge is -2.23. The van der Waals surface area contributed by atoms with Crippen LogP contribution < -0.4 is 20.1 Å². The first-order valence-corrected chi connectivity index (χ1v) is 7.73. The summed E-state index contributed by atoms with van der Waals surface area (Å²) in [6.45, 7) is 4.02. The van der Waals surface area contributed by atoms with Gasteiger partial charge in [-0.2, -0.15) is 0 Å². The minimum Gasteiger partial charge on any atom is -0.493 e. The summed E-state index contributed by atoms with van der Waals surface area (Å²) in [4.78, 5) is 24.2. The van der Waals surface area contributed by atoms with Crippen LogP contribution in [0.3, 0.4) is 0 Å². The monoisotopic (exact) mass is 326 g/mol. The first-order valence-electron chi connectivity index (χ1n) is 7.73. The Morgan fingerprint density at radius 2 is 2.08 bits per heavy atom. The maximum absolute atomic E-state index is 12.5. The second-order valence-corrected chi connectivity index (χ2v) is 5.34. The summed E-state index contributed by atoms with van der Waals surface area (Å²) in [6.07, 6.45) is -0.531. The number of amides is 2. The molecule has 2 N–H and O–H groups in total. The van der Waals surface area contributed by atoms with Gasteiger partial charge in [0.05, 0.1) is 17.9 Å². The number of rotatable bonds is 4. The number of nitrogens with one attached hydrogen (secondary N) is 2. The Balaban J connectivity index is 1.81. The van der Waals surface area contributed by atoms with E-state index in [0.717, 1.165) is 0 Å². The fraction of sp³-hybridized carbons (Fsp3) is 0.222. The van der Waals surface area contributed by atoms with Gasteiger partial charge in [-0.1, -0.05) is 12.1 Å². The van der Waals surface area contributed by atoms with Gasteiger partial charge >= 0.3 is 0 Å². The summed E-state index contributed by atoms with van der Waals surface area (Å²) in [7, 11) is 0. The lowest BCUT2D eigenvalue weighted by molar-refractivity contribution is -0.122. The Bertz CT molecular complexity index is 788. The predicted octanol–water partition coefficient (Wildman–Crippen LogP) is 3.06. The third kappa shape index (κ3) is 3.17. The lowest BCUT2D eigenvalue weighted by Crippen LogP contribution is -2.34. The molecule has 0 radical (unpaired) electrons. The third-order valence-corrected chi connectivity index (χ3v) is 3.60. The van der Waals surface area contributed by atoms with E-state index in [4.69, 9.17) is 9.47 Å². The van der Waals surface area contributed by atoms with Crippen LogP contribution in [0.4, 0.5) is 11.4 Å². The second kappa shape index (κ2) is 6.62. The van der Waals surface area contributed by atoms with Gasteiger partial charge in [0.2, 0.25) is 0 Å². The zero-order valence-electron chi connectivity index (χ0n) is 13.5. The van der Waals surface area contributed by atoms with Crippen molar-refractivity contribution in [2.75, 3.05) is 17.2 Å². The highest BCUT2D eigenvalue weighted by atomic mass is 16.5. The van der Waals surface area contributed by atoms with E-state index < -0.39 is 6.10 Å². The van der Waals surface area contributed by atoms with E-state index in [9.17, 15) is 9.59 Å². The number of benzene rings is 2. The van der Waals surface area contributed by atoms with Gasteiger partial charge in [0.15, 0.2) is 6.10 Å². The first-order chi connectivity index (χ1) is 11.6. The van der Waals surface area contributed by atoms with Gasteiger partial charge in [0, 0.05) is 5.69 Å². The topological polar surface area (TPSA) is 76.7 Å². The van der Waals surface area contributed by atoms with Crippen LogP contribution in [0.1, 0.15) is 24.2 Å². The van der Waals surface area contributed by atoms with Crippen molar-refractivity contribution < 1.29 is 19.1 Å². The standard InChI is InChI=1S/C18H18N2O4/c1-3-23-15-7-5-4-6-13(15)18(22)19-12-8-9-16-14(10-12)20-17(21)11(2)24-16/h4-11H,3H2,1-2H3,(H,19,22)(H,20,21). The number of anilines is 2. The molecule has 0 saturated carbocycles. The molecule has 1 aliphatic heterocycles. The molecule has 24 heavy (non-hydrogen) atoms. The fourth-order valence-electron chi connectivity index (χ4n) is 2.42. The highest BCUT2D eigenvalue weighted by Gasteiger charge is 2.23. The van der Waals surface area contributed by atoms with Crippen LogP contribution in [0.15, 0.2) is 42.5 Å². The zero-order chi connectivity index (χ0) is 17.1. The molecule has 1 unspecified atom stereocenters. The molecule has 1 heterocycles. The smallest absolute Gasteiger partial charge is 0.265 e. The van der Waals surface area contributed by atoms with E-state index in [0.29, 0.717) is 35.0 Å². The Hall–Kier alpha value is -3.02. The largest absolute Gasteiger partial charge is 0.493 e. The summed E-state index contributed by atoms with van der Waals surface area (Å²) in [5.41, 5.74) is 1.54. The molecule has 0 fully saturated rings. The molecule has 2 amide bonds. The highest BCUT2D eigenvalue weighted by Crippen LogP contribution is 2.32. The molecule has 2 aromatic carbocycles. The SMILES string of the molecule is CCOc1ccccc1C(=O)Nc1ccc2c(c1)NC(=O)C(C)O2. The molecular weight excluding hydrogens is 308 g/mol. The van der Waals surface area contributed by atoms with Crippen LogP contribution in [0.2, 0.25) is 0 Å². The van der Waals surface area contributed by atoms with Crippen molar-refractivity contribution in [2.45, 2.75) is 20.0 Å². The van der Waals surface area contributed by atoms with Crippen molar-refractivity contribution in [1.29, 1.82) is 0 Å². The van der Waals surface area contributed by atoms with Crippen molar-refractivity contribution in [1.82, 2.24) is 0 Å². The van der Waals surface area contributed by atoms with Crippen LogP contribution in [0.5, 0.6) is 11.5 Å². The second-order valence-electron chi connectivity index (χ2n) is 5.34. The summed E-state index contributed by atoms with van der Waals surface area (Å²) in [6, 6.07) is 12.2. The lowest BCUT2D eigenvalue weighted by atomic mass is 10.1. The summed E-state index contributed by atoms with van der Waals surface area (Å²) in [5, 5.41) is 5.56. The molecule has 124 valence electrons. The van der Waals surface area contributed by atoms with Crippen molar-refractivity contribution in [3.05, 3.63) is 48.0 Å². The van der Waals surface area contributed by atoms with E-state index in [2.05, 4.69) is 10.6 Å². The van der Waals surface area contributed by atoms with Crippen molar-refractivity contribution in [2.24, 2.45) is 0 Å². The molecule has 3 rings (SSSR count). The fourth-order valence-corrected chi connectivity index (χ4v) is 2.42. The quantitative estimate of drug-likeness (QED) is 0.905. The number of para-hydroxylation sites is 1. The average molecular weight is 326 g/mol. The molecule has 6 nitrogen and oxygen atoms in total. The Morgan fingerprint density at radius 1 is 1.29 bits per heavy atom. The predicted molar refractivity (Wildman–Crippen MR) is 90.7 cm³/mol. The number of ether oxygens (including phenoxy) is 2. The van der Waals surface area contributed by atoms with Crippen LogP contribution in [0.25, 0.3) is 0 Å². The van der Waals surface area contributed by atoms with Crippen LogP contribution >= 0.6 is 0 Å². The van der Waals surface area contributed by atoms with E-state index in [1.54, 1.807) is 43.3 Å². The molecule has 1 atom stereocenters. The molecule has 0 saturated heterocycles. The van der Waals surface area contributed by atoms with Gasteiger partial charge in [-0.25, -0.2) is 0 Å². The summed E-state index contributed by atoms with van der Waals surface area (Å²) in [5.74, 6) is 0.610. The van der Waals surface area contributed by atoms with Gasteiger partial charge in [0.25, 0.3) is 11.8 Å². The molecule has 6 heteroatoms.